The van der Waals surface area contributed by atoms with Gasteiger partial charge in [0, 0.05) is 10.2 Å². The standard InChI is InChI=1S/C14H20N2S/c1-14(2,16-4)13(15-3)11-9-17-12-8-6-5-7-10(11)12/h5-9,13,15-16H,1-4H3. The first-order valence-electron chi connectivity index (χ1n) is 5.92. The summed E-state index contributed by atoms with van der Waals surface area (Å²) in [6.07, 6.45) is 0. The molecule has 0 bridgehead atoms. The monoisotopic (exact) mass is 248 g/mol. The summed E-state index contributed by atoms with van der Waals surface area (Å²) in [5.41, 5.74) is 1.41. The second kappa shape index (κ2) is 4.77. The molecule has 1 heterocycles. The van der Waals surface area contributed by atoms with Gasteiger partial charge in [-0.15, -0.1) is 11.3 Å². The minimum atomic E-state index is 0.0264. The van der Waals surface area contributed by atoms with Crippen LogP contribution in [-0.4, -0.2) is 19.6 Å². The van der Waals surface area contributed by atoms with Gasteiger partial charge in [-0.25, -0.2) is 0 Å². The van der Waals surface area contributed by atoms with Gasteiger partial charge >= 0.3 is 0 Å². The summed E-state index contributed by atoms with van der Waals surface area (Å²) in [6, 6.07) is 8.90. The summed E-state index contributed by atoms with van der Waals surface area (Å²) in [6.45, 7) is 4.45. The van der Waals surface area contributed by atoms with E-state index in [0.29, 0.717) is 6.04 Å². The van der Waals surface area contributed by atoms with Crippen LogP contribution in [0, 0.1) is 0 Å². The van der Waals surface area contributed by atoms with Crippen LogP contribution >= 0.6 is 11.3 Å². The SMILES string of the molecule is CNC(c1csc2ccccc12)C(C)(C)NC. The van der Waals surface area contributed by atoms with Crippen molar-refractivity contribution in [3.8, 4) is 0 Å². The molecule has 2 nitrogen and oxygen atoms in total. The molecule has 1 unspecified atom stereocenters. The van der Waals surface area contributed by atoms with Gasteiger partial charge in [-0.05, 0) is 50.3 Å². The number of rotatable bonds is 4. The molecule has 2 aromatic rings. The fourth-order valence-corrected chi connectivity index (χ4v) is 3.26. The third kappa shape index (κ3) is 2.23. The third-order valence-electron chi connectivity index (χ3n) is 3.48. The number of thiophene rings is 1. The van der Waals surface area contributed by atoms with Crippen LogP contribution in [0.4, 0.5) is 0 Å². The topological polar surface area (TPSA) is 24.1 Å². The average molecular weight is 248 g/mol. The van der Waals surface area contributed by atoms with Crippen LogP contribution in [0.3, 0.4) is 0 Å². The molecule has 3 heteroatoms. The van der Waals surface area contributed by atoms with Crippen LogP contribution in [0.5, 0.6) is 0 Å². The highest BCUT2D eigenvalue weighted by Gasteiger charge is 2.29. The van der Waals surface area contributed by atoms with Gasteiger partial charge in [-0.3, -0.25) is 0 Å². The quantitative estimate of drug-likeness (QED) is 0.868. The van der Waals surface area contributed by atoms with Crippen LogP contribution in [0.2, 0.25) is 0 Å². The summed E-state index contributed by atoms with van der Waals surface area (Å²) >= 11 is 1.82. The first kappa shape index (κ1) is 12.6. The lowest BCUT2D eigenvalue weighted by Gasteiger charge is -2.34. The Morgan fingerprint density at radius 3 is 2.53 bits per heavy atom. The van der Waals surface area contributed by atoms with E-state index >= 15 is 0 Å². The van der Waals surface area contributed by atoms with Gasteiger partial charge in [0.25, 0.3) is 0 Å². The Balaban J connectivity index is 2.51. The Hall–Kier alpha value is -0.900. The number of hydrogen-bond acceptors (Lipinski definition) is 3. The molecule has 0 aliphatic rings. The van der Waals surface area contributed by atoms with E-state index in [1.54, 1.807) is 0 Å². The normalized spacial score (nSPS) is 14.1. The second-order valence-electron chi connectivity index (χ2n) is 4.88. The highest BCUT2D eigenvalue weighted by molar-refractivity contribution is 7.17. The van der Waals surface area contributed by atoms with Crippen molar-refractivity contribution in [3.63, 3.8) is 0 Å². The van der Waals surface area contributed by atoms with Gasteiger partial charge < -0.3 is 10.6 Å². The van der Waals surface area contributed by atoms with E-state index in [1.807, 2.05) is 25.4 Å². The van der Waals surface area contributed by atoms with E-state index in [-0.39, 0.29) is 5.54 Å². The molecule has 0 saturated carbocycles. The number of nitrogens with one attached hydrogen (secondary N) is 2. The minimum absolute atomic E-state index is 0.0264. The van der Waals surface area contributed by atoms with Crippen LogP contribution in [0.15, 0.2) is 29.6 Å². The molecular formula is C14H20N2S. The first-order valence-corrected chi connectivity index (χ1v) is 6.80. The zero-order valence-corrected chi connectivity index (χ0v) is 11.7. The van der Waals surface area contributed by atoms with Gasteiger partial charge in [-0.1, -0.05) is 18.2 Å². The van der Waals surface area contributed by atoms with Crippen LogP contribution in [0.25, 0.3) is 10.1 Å². The molecule has 17 heavy (non-hydrogen) atoms. The highest BCUT2D eigenvalue weighted by atomic mass is 32.1. The number of fused-ring (bicyclic) bond motifs is 1. The van der Waals surface area contributed by atoms with Gasteiger partial charge in [0.2, 0.25) is 0 Å². The van der Waals surface area contributed by atoms with E-state index in [4.69, 9.17) is 0 Å². The molecule has 0 spiro atoms. The smallest absolute Gasteiger partial charge is 0.0511 e. The van der Waals surface area contributed by atoms with Crippen molar-refractivity contribution >= 4 is 21.4 Å². The van der Waals surface area contributed by atoms with Crippen molar-refractivity contribution in [3.05, 3.63) is 35.2 Å². The molecule has 92 valence electrons. The Bertz CT molecular complexity index is 502. The summed E-state index contributed by atoms with van der Waals surface area (Å²) in [5, 5.41) is 10.4. The van der Waals surface area contributed by atoms with Crippen molar-refractivity contribution in [2.75, 3.05) is 14.1 Å². The van der Waals surface area contributed by atoms with Crippen molar-refractivity contribution in [1.29, 1.82) is 0 Å². The number of likely N-dealkylation sites (N-methyl/N-ethyl adjacent to an activating group) is 2. The van der Waals surface area contributed by atoms with Crippen LogP contribution in [0.1, 0.15) is 25.5 Å². The van der Waals surface area contributed by atoms with E-state index in [9.17, 15) is 0 Å². The van der Waals surface area contributed by atoms with Crippen molar-refractivity contribution in [1.82, 2.24) is 10.6 Å². The Labute approximate surface area is 107 Å². The molecule has 2 rings (SSSR count). The van der Waals surface area contributed by atoms with Crippen LogP contribution in [-0.2, 0) is 0 Å². The predicted octanol–water partition coefficient (Wildman–Crippen LogP) is 3.16. The molecule has 0 saturated heterocycles. The fraction of sp³-hybridized carbons (Fsp3) is 0.429. The summed E-state index contributed by atoms with van der Waals surface area (Å²) < 4.78 is 1.36. The van der Waals surface area contributed by atoms with Crippen molar-refractivity contribution < 1.29 is 0 Å². The lowest BCUT2D eigenvalue weighted by atomic mass is 9.88. The largest absolute Gasteiger partial charge is 0.313 e. The van der Waals surface area contributed by atoms with Gasteiger partial charge in [0.05, 0.1) is 6.04 Å². The molecule has 0 fully saturated rings. The Morgan fingerprint density at radius 1 is 1.18 bits per heavy atom. The molecule has 0 radical (unpaired) electrons. The maximum absolute atomic E-state index is 3.43. The van der Waals surface area contributed by atoms with Gasteiger partial charge in [0.15, 0.2) is 0 Å². The number of benzene rings is 1. The summed E-state index contributed by atoms with van der Waals surface area (Å²) in [4.78, 5) is 0. The first-order chi connectivity index (χ1) is 8.10. The summed E-state index contributed by atoms with van der Waals surface area (Å²) in [5.74, 6) is 0. The molecule has 0 aliphatic carbocycles. The minimum Gasteiger partial charge on any atom is -0.313 e. The lowest BCUT2D eigenvalue weighted by Crippen LogP contribution is -2.47. The fourth-order valence-electron chi connectivity index (χ4n) is 2.27. The van der Waals surface area contributed by atoms with Crippen molar-refractivity contribution in [2.24, 2.45) is 0 Å². The van der Waals surface area contributed by atoms with Gasteiger partial charge in [-0.2, -0.15) is 0 Å². The predicted molar refractivity (Wildman–Crippen MR) is 76.8 cm³/mol. The number of hydrogen-bond donors (Lipinski definition) is 2. The Kier molecular flexibility index (Phi) is 3.52. The average Bonchev–Trinajstić information content (AvgIpc) is 2.74. The maximum Gasteiger partial charge on any atom is 0.0511 e. The van der Waals surface area contributed by atoms with E-state index in [2.05, 4.69) is 54.1 Å². The van der Waals surface area contributed by atoms with Gasteiger partial charge in [0.1, 0.15) is 0 Å². The molecule has 1 aromatic heterocycles. The van der Waals surface area contributed by atoms with E-state index in [0.717, 1.165) is 0 Å². The van der Waals surface area contributed by atoms with Crippen molar-refractivity contribution in [2.45, 2.75) is 25.4 Å². The third-order valence-corrected chi connectivity index (χ3v) is 4.46. The molecule has 1 atom stereocenters. The van der Waals surface area contributed by atoms with Crippen LogP contribution < -0.4 is 10.6 Å². The van der Waals surface area contributed by atoms with E-state index in [1.165, 1.54) is 15.6 Å². The molecule has 0 amide bonds. The molecular weight excluding hydrogens is 228 g/mol. The zero-order valence-electron chi connectivity index (χ0n) is 10.9. The molecule has 0 aliphatic heterocycles. The highest BCUT2D eigenvalue weighted by Crippen LogP contribution is 2.34. The Morgan fingerprint density at radius 2 is 1.88 bits per heavy atom. The zero-order chi connectivity index (χ0) is 12.5. The second-order valence-corrected chi connectivity index (χ2v) is 5.79. The maximum atomic E-state index is 3.43. The molecule has 2 N–H and O–H groups in total. The summed E-state index contributed by atoms with van der Waals surface area (Å²) in [7, 11) is 4.04. The van der Waals surface area contributed by atoms with E-state index < -0.39 is 0 Å². The molecule has 1 aromatic carbocycles. The lowest BCUT2D eigenvalue weighted by molar-refractivity contribution is 0.313.